The van der Waals surface area contributed by atoms with E-state index >= 15 is 0 Å². The van der Waals surface area contributed by atoms with Crippen LogP contribution in [0, 0.1) is 6.92 Å². The zero-order chi connectivity index (χ0) is 13.8. The lowest BCUT2D eigenvalue weighted by Crippen LogP contribution is -2.05. The van der Waals surface area contributed by atoms with Gasteiger partial charge in [-0.2, -0.15) is 5.10 Å². The molecule has 0 bridgehead atoms. The predicted octanol–water partition coefficient (Wildman–Crippen LogP) is 1.92. The van der Waals surface area contributed by atoms with Crippen LogP contribution in [0.15, 0.2) is 24.4 Å². The Balaban J connectivity index is 2.42. The first-order valence-electron chi connectivity index (χ1n) is 6.11. The summed E-state index contributed by atoms with van der Waals surface area (Å²) in [7, 11) is 5.20. The summed E-state index contributed by atoms with van der Waals surface area (Å²) in [5.74, 6) is 1.50. The number of ether oxygens (including phenoxy) is 2. The number of benzene rings is 1. The summed E-state index contributed by atoms with van der Waals surface area (Å²) < 4.78 is 12.4. The minimum Gasteiger partial charge on any atom is -0.497 e. The molecule has 102 valence electrons. The molecule has 2 aromatic rings. The lowest BCUT2D eigenvalue weighted by atomic mass is 10.2. The van der Waals surface area contributed by atoms with Crippen molar-refractivity contribution in [2.24, 2.45) is 0 Å². The molecule has 0 unspecified atom stereocenters. The maximum atomic E-state index is 5.27. The van der Waals surface area contributed by atoms with E-state index in [9.17, 15) is 0 Å². The average molecular weight is 261 g/mol. The summed E-state index contributed by atoms with van der Waals surface area (Å²) in [5.41, 5.74) is 3.10. The molecule has 0 amide bonds. The van der Waals surface area contributed by atoms with Crippen molar-refractivity contribution in [1.29, 1.82) is 0 Å². The fourth-order valence-electron chi connectivity index (χ4n) is 1.92. The van der Waals surface area contributed by atoms with Crippen LogP contribution in [-0.2, 0) is 6.54 Å². The molecule has 0 aliphatic rings. The molecule has 0 radical (unpaired) electrons. The highest BCUT2D eigenvalue weighted by Gasteiger charge is 2.08. The van der Waals surface area contributed by atoms with E-state index in [4.69, 9.17) is 9.47 Å². The third-order valence-electron chi connectivity index (χ3n) is 2.97. The smallest absolute Gasteiger partial charge is 0.124 e. The quantitative estimate of drug-likeness (QED) is 0.893. The second-order valence-corrected chi connectivity index (χ2v) is 4.29. The molecule has 1 aromatic carbocycles. The fourth-order valence-corrected chi connectivity index (χ4v) is 1.92. The molecule has 1 aromatic heterocycles. The third kappa shape index (κ3) is 2.88. The molecule has 0 spiro atoms. The van der Waals surface area contributed by atoms with Crippen LogP contribution in [0.5, 0.6) is 11.5 Å². The van der Waals surface area contributed by atoms with Gasteiger partial charge in [0.1, 0.15) is 11.5 Å². The van der Waals surface area contributed by atoms with E-state index in [1.54, 1.807) is 14.2 Å². The van der Waals surface area contributed by atoms with Gasteiger partial charge in [0.25, 0.3) is 0 Å². The third-order valence-corrected chi connectivity index (χ3v) is 2.97. The minimum atomic E-state index is 0.748. The summed E-state index contributed by atoms with van der Waals surface area (Å²) in [6.45, 7) is 2.80. The van der Waals surface area contributed by atoms with Gasteiger partial charge in [-0.05, 0) is 14.0 Å². The molecule has 1 heterocycles. The normalized spacial score (nSPS) is 10.5. The maximum Gasteiger partial charge on any atom is 0.124 e. The molecule has 0 aliphatic carbocycles. The van der Waals surface area contributed by atoms with Gasteiger partial charge in [-0.3, -0.25) is 0 Å². The van der Waals surface area contributed by atoms with Crippen molar-refractivity contribution < 1.29 is 9.47 Å². The van der Waals surface area contributed by atoms with Crippen molar-refractivity contribution in [1.82, 2.24) is 15.1 Å². The van der Waals surface area contributed by atoms with Gasteiger partial charge in [0.2, 0.25) is 0 Å². The Bertz CT molecular complexity index is 542. The Morgan fingerprint density at radius 1 is 1.16 bits per heavy atom. The highest BCUT2D eigenvalue weighted by atomic mass is 16.5. The fraction of sp³-hybridized carbons (Fsp3) is 0.357. The van der Waals surface area contributed by atoms with Crippen LogP contribution in [0.3, 0.4) is 0 Å². The zero-order valence-corrected chi connectivity index (χ0v) is 11.7. The van der Waals surface area contributed by atoms with Crippen molar-refractivity contribution in [3.05, 3.63) is 35.7 Å². The SMILES string of the molecule is CNCc1cn(-c2cc(OC)cc(OC)c2)nc1C. The topological polar surface area (TPSA) is 48.3 Å². The van der Waals surface area contributed by atoms with Crippen LogP contribution in [0.25, 0.3) is 5.69 Å². The van der Waals surface area contributed by atoms with Gasteiger partial charge in [0, 0.05) is 36.5 Å². The van der Waals surface area contributed by atoms with E-state index in [1.165, 1.54) is 5.56 Å². The van der Waals surface area contributed by atoms with Gasteiger partial charge in [-0.25, -0.2) is 4.68 Å². The van der Waals surface area contributed by atoms with Gasteiger partial charge in [-0.1, -0.05) is 0 Å². The first-order chi connectivity index (χ1) is 9.17. The Kier molecular flexibility index (Phi) is 4.06. The van der Waals surface area contributed by atoms with E-state index in [0.717, 1.165) is 29.4 Å². The molecule has 0 saturated carbocycles. The second-order valence-electron chi connectivity index (χ2n) is 4.29. The molecular formula is C14H19N3O2. The van der Waals surface area contributed by atoms with E-state index < -0.39 is 0 Å². The van der Waals surface area contributed by atoms with Crippen LogP contribution in [0.2, 0.25) is 0 Å². The Morgan fingerprint density at radius 2 is 1.79 bits per heavy atom. The molecule has 0 fully saturated rings. The van der Waals surface area contributed by atoms with Gasteiger partial charge in [0.15, 0.2) is 0 Å². The lowest BCUT2D eigenvalue weighted by Gasteiger charge is -2.08. The summed E-state index contributed by atoms with van der Waals surface area (Å²) >= 11 is 0. The molecule has 5 nitrogen and oxygen atoms in total. The van der Waals surface area contributed by atoms with Crippen LogP contribution in [0.1, 0.15) is 11.3 Å². The maximum absolute atomic E-state index is 5.27. The van der Waals surface area contributed by atoms with Gasteiger partial charge < -0.3 is 14.8 Å². The van der Waals surface area contributed by atoms with Gasteiger partial charge in [-0.15, -0.1) is 0 Å². The standard InChI is InChI=1S/C14H19N3O2/c1-10-11(8-15-2)9-17(16-10)12-5-13(18-3)7-14(6-12)19-4/h5-7,9,15H,8H2,1-4H3. The van der Waals surface area contributed by atoms with E-state index in [1.807, 2.05) is 43.0 Å². The monoisotopic (exact) mass is 261 g/mol. The van der Waals surface area contributed by atoms with Gasteiger partial charge >= 0.3 is 0 Å². The highest BCUT2D eigenvalue weighted by molar-refractivity contribution is 5.46. The Hall–Kier alpha value is -2.01. The number of nitrogens with zero attached hydrogens (tertiary/aromatic N) is 2. The average Bonchev–Trinajstić information content (AvgIpc) is 2.80. The summed E-state index contributed by atoms with van der Waals surface area (Å²) in [6.07, 6.45) is 2.01. The second kappa shape index (κ2) is 5.75. The van der Waals surface area contributed by atoms with Crippen LogP contribution in [0.4, 0.5) is 0 Å². The first-order valence-corrected chi connectivity index (χ1v) is 6.11. The minimum absolute atomic E-state index is 0.748. The molecule has 0 aliphatic heterocycles. The number of methoxy groups -OCH3 is 2. The summed E-state index contributed by atoms with van der Waals surface area (Å²) in [4.78, 5) is 0. The molecule has 19 heavy (non-hydrogen) atoms. The number of rotatable bonds is 5. The van der Waals surface area contributed by atoms with E-state index in [2.05, 4.69) is 10.4 Å². The summed E-state index contributed by atoms with van der Waals surface area (Å²) in [6, 6.07) is 5.70. The highest BCUT2D eigenvalue weighted by Crippen LogP contribution is 2.25. The van der Waals surface area contributed by atoms with Crippen molar-refractivity contribution in [2.75, 3.05) is 21.3 Å². The zero-order valence-electron chi connectivity index (χ0n) is 11.7. The number of aromatic nitrogens is 2. The van der Waals surface area contributed by atoms with Crippen LogP contribution >= 0.6 is 0 Å². The first kappa shape index (κ1) is 13.4. The van der Waals surface area contributed by atoms with Crippen molar-refractivity contribution >= 4 is 0 Å². The lowest BCUT2D eigenvalue weighted by molar-refractivity contribution is 0.394. The van der Waals surface area contributed by atoms with Crippen LogP contribution in [-0.4, -0.2) is 31.0 Å². The molecular weight excluding hydrogens is 242 g/mol. The number of nitrogens with one attached hydrogen (secondary N) is 1. The number of aryl methyl sites for hydroxylation is 1. The molecule has 2 rings (SSSR count). The summed E-state index contributed by atoms with van der Waals surface area (Å²) in [5, 5.41) is 7.65. The van der Waals surface area contributed by atoms with Crippen LogP contribution < -0.4 is 14.8 Å². The predicted molar refractivity (Wildman–Crippen MR) is 74.2 cm³/mol. The van der Waals surface area contributed by atoms with Gasteiger partial charge in [0.05, 0.1) is 25.6 Å². The van der Waals surface area contributed by atoms with Crippen molar-refractivity contribution in [2.45, 2.75) is 13.5 Å². The molecule has 1 N–H and O–H groups in total. The largest absolute Gasteiger partial charge is 0.497 e. The Labute approximate surface area is 113 Å². The van der Waals surface area contributed by atoms with E-state index in [0.29, 0.717) is 0 Å². The van der Waals surface area contributed by atoms with Crippen molar-refractivity contribution in [3.63, 3.8) is 0 Å². The molecule has 0 atom stereocenters. The molecule has 0 saturated heterocycles. The van der Waals surface area contributed by atoms with Crippen molar-refractivity contribution in [3.8, 4) is 17.2 Å². The molecule has 5 heteroatoms. The Morgan fingerprint density at radius 3 is 2.32 bits per heavy atom. The number of hydrogen-bond donors (Lipinski definition) is 1. The van der Waals surface area contributed by atoms with E-state index in [-0.39, 0.29) is 0 Å². The number of hydrogen-bond acceptors (Lipinski definition) is 4.